The average molecular weight is 222 g/mol. The van der Waals surface area contributed by atoms with E-state index >= 15 is 0 Å². The van der Waals surface area contributed by atoms with Crippen LogP contribution in [0.15, 0.2) is 6.33 Å². The van der Waals surface area contributed by atoms with E-state index in [2.05, 4.69) is 29.4 Å². The van der Waals surface area contributed by atoms with Crippen LogP contribution in [0.2, 0.25) is 0 Å². The minimum Gasteiger partial charge on any atom is -0.319 e. The summed E-state index contributed by atoms with van der Waals surface area (Å²) in [5, 5.41) is 11.8. The third-order valence-corrected chi connectivity index (χ3v) is 3.78. The first kappa shape index (κ1) is 11.6. The molecule has 1 fully saturated rings. The van der Waals surface area contributed by atoms with Crippen molar-refractivity contribution >= 4 is 0 Å². The first-order valence-electron chi connectivity index (χ1n) is 6.32. The molecule has 90 valence electrons. The minimum absolute atomic E-state index is 0.296. The van der Waals surface area contributed by atoms with Crippen molar-refractivity contribution < 1.29 is 0 Å². The summed E-state index contributed by atoms with van der Waals surface area (Å²) < 4.78 is 1.99. The Balaban J connectivity index is 1.97. The summed E-state index contributed by atoms with van der Waals surface area (Å²) in [6.45, 7) is 4.46. The molecule has 0 aromatic carbocycles. The molecule has 16 heavy (non-hydrogen) atoms. The van der Waals surface area contributed by atoms with Crippen molar-refractivity contribution in [2.24, 2.45) is 13.0 Å². The molecule has 1 aliphatic carbocycles. The number of hydrogen-bond donors (Lipinski definition) is 1. The van der Waals surface area contributed by atoms with Crippen molar-refractivity contribution in [3.05, 3.63) is 12.2 Å². The molecule has 1 aliphatic rings. The molecule has 1 saturated carbocycles. The highest BCUT2D eigenvalue weighted by molar-refractivity contribution is 4.95. The molecule has 1 aromatic rings. The van der Waals surface area contributed by atoms with Crippen molar-refractivity contribution in [3.8, 4) is 0 Å². The van der Waals surface area contributed by atoms with E-state index < -0.39 is 0 Å². The maximum absolute atomic E-state index is 4.16. The Bertz CT molecular complexity index is 334. The number of nitrogens with zero attached hydrogens (tertiary/aromatic N) is 3. The van der Waals surface area contributed by atoms with Crippen LogP contribution < -0.4 is 5.32 Å². The zero-order valence-electron chi connectivity index (χ0n) is 10.5. The van der Waals surface area contributed by atoms with Crippen molar-refractivity contribution in [1.82, 2.24) is 20.1 Å². The summed E-state index contributed by atoms with van der Waals surface area (Å²) in [6, 6.07) is 0.960. The molecule has 1 N–H and O–H groups in total. The van der Waals surface area contributed by atoms with Crippen LogP contribution >= 0.6 is 0 Å². The fourth-order valence-corrected chi connectivity index (χ4v) is 2.82. The van der Waals surface area contributed by atoms with Gasteiger partial charge in [-0.1, -0.05) is 19.8 Å². The molecule has 0 saturated heterocycles. The molecule has 3 unspecified atom stereocenters. The maximum atomic E-state index is 4.16. The van der Waals surface area contributed by atoms with E-state index in [1.54, 1.807) is 6.33 Å². The largest absolute Gasteiger partial charge is 0.319 e. The highest BCUT2D eigenvalue weighted by Crippen LogP contribution is 2.29. The summed E-state index contributed by atoms with van der Waals surface area (Å²) in [5.74, 6) is 1.87. The molecule has 0 spiro atoms. The number of nitrogens with one attached hydrogen (secondary N) is 1. The number of aryl methyl sites for hydroxylation is 1. The van der Waals surface area contributed by atoms with E-state index in [9.17, 15) is 0 Å². The number of rotatable bonds is 4. The van der Waals surface area contributed by atoms with E-state index in [4.69, 9.17) is 0 Å². The van der Waals surface area contributed by atoms with Crippen LogP contribution in [0.1, 0.15) is 51.4 Å². The normalized spacial score (nSPS) is 27.2. The minimum atomic E-state index is 0.296. The van der Waals surface area contributed by atoms with Gasteiger partial charge in [0, 0.05) is 13.1 Å². The molecule has 1 heterocycles. The summed E-state index contributed by atoms with van der Waals surface area (Å²) in [6.07, 6.45) is 7.09. The Morgan fingerprint density at radius 2 is 2.38 bits per heavy atom. The van der Waals surface area contributed by atoms with Crippen LogP contribution in [0.4, 0.5) is 0 Å². The first-order valence-corrected chi connectivity index (χ1v) is 6.32. The van der Waals surface area contributed by atoms with Gasteiger partial charge in [0.15, 0.2) is 0 Å². The lowest BCUT2D eigenvalue weighted by molar-refractivity contribution is 0.351. The molecule has 0 amide bonds. The lowest BCUT2D eigenvalue weighted by Gasteiger charge is -2.23. The lowest BCUT2D eigenvalue weighted by atomic mass is 10.00. The van der Waals surface area contributed by atoms with Crippen molar-refractivity contribution in [2.75, 3.05) is 0 Å². The van der Waals surface area contributed by atoms with Gasteiger partial charge in [0.05, 0.1) is 6.04 Å². The summed E-state index contributed by atoms with van der Waals surface area (Å²) >= 11 is 0. The first-order chi connectivity index (χ1) is 7.72. The fraction of sp³-hybridized carbons (Fsp3) is 0.833. The molecule has 4 nitrogen and oxygen atoms in total. The standard InChI is InChI=1S/C12H22N4/c1-4-10-6-5-7-11(10)14-9(2)12-15-13-8-16(12)3/h8-11,14H,4-7H2,1-3H3. The van der Waals surface area contributed by atoms with Gasteiger partial charge in [-0.25, -0.2) is 0 Å². The van der Waals surface area contributed by atoms with Gasteiger partial charge in [-0.05, 0) is 25.7 Å². The third kappa shape index (κ3) is 2.26. The van der Waals surface area contributed by atoms with Gasteiger partial charge in [-0.15, -0.1) is 10.2 Å². The molecule has 0 aliphatic heterocycles. The predicted molar refractivity (Wildman–Crippen MR) is 64.0 cm³/mol. The van der Waals surface area contributed by atoms with Crippen LogP contribution in [-0.2, 0) is 7.05 Å². The van der Waals surface area contributed by atoms with Gasteiger partial charge < -0.3 is 9.88 Å². The van der Waals surface area contributed by atoms with E-state index in [1.807, 2.05) is 11.6 Å². The molecule has 2 rings (SSSR count). The van der Waals surface area contributed by atoms with Crippen LogP contribution in [0, 0.1) is 5.92 Å². The summed E-state index contributed by atoms with van der Waals surface area (Å²) in [7, 11) is 2.00. The van der Waals surface area contributed by atoms with E-state index in [-0.39, 0.29) is 0 Å². The quantitative estimate of drug-likeness (QED) is 0.847. The van der Waals surface area contributed by atoms with Gasteiger partial charge >= 0.3 is 0 Å². The number of aromatic nitrogens is 3. The maximum Gasteiger partial charge on any atom is 0.149 e. The second-order valence-corrected chi connectivity index (χ2v) is 4.89. The van der Waals surface area contributed by atoms with Crippen LogP contribution in [0.5, 0.6) is 0 Å². The lowest BCUT2D eigenvalue weighted by Crippen LogP contribution is -2.35. The third-order valence-electron chi connectivity index (χ3n) is 3.78. The Morgan fingerprint density at radius 3 is 3.00 bits per heavy atom. The fourth-order valence-electron chi connectivity index (χ4n) is 2.82. The Morgan fingerprint density at radius 1 is 1.56 bits per heavy atom. The van der Waals surface area contributed by atoms with Gasteiger partial charge in [0.25, 0.3) is 0 Å². The summed E-state index contributed by atoms with van der Waals surface area (Å²) in [4.78, 5) is 0. The Labute approximate surface area is 97.5 Å². The van der Waals surface area contributed by atoms with Crippen LogP contribution in [0.25, 0.3) is 0 Å². The zero-order chi connectivity index (χ0) is 11.5. The predicted octanol–water partition coefficient (Wildman–Crippen LogP) is 2.04. The van der Waals surface area contributed by atoms with E-state index in [0.717, 1.165) is 11.7 Å². The average Bonchev–Trinajstić information content (AvgIpc) is 2.86. The van der Waals surface area contributed by atoms with Crippen molar-refractivity contribution in [1.29, 1.82) is 0 Å². The van der Waals surface area contributed by atoms with E-state index in [1.165, 1.54) is 25.7 Å². The van der Waals surface area contributed by atoms with Crippen LogP contribution in [-0.4, -0.2) is 20.8 Å². The van der Waals surface area contributed by atoms with Gasteiger partial charge in [0.1, 0.15) is 12.2 Å². The topological polar surface area (TPSA) is 42.7 Å². The van der Waals surface area contributed by atoms with Crippen LogP contribution in [0.3, 0.4) is 0 Å². The monoisotopic (exact) mass is 222 g/mol. The SMILES string of the molecule is CCC1CCCC1NC(C)c1nncn1C. The zero-order valence-corrected chi connectivity index (χ0v) is 10.5. The molecular formula is C12H22N4. The van der Waals surface area contributed by atoms with Gasteiger partial charge in [0.2, 0.25) is 0 Å². The van der Waals surface area contributed by atoms with Gasteiger partial charge in [-0.2, -0.15) is 0 Å². The molecular weight excluding hydrogens is 200 g/mol. The molecule has 0 radical (unpaired) electrons. The Hall–Kier alpha value is -0.900. The highest BCUT2D eigenvalue weighted by Gasteiger charge is 2.27. The molecule has 4 heteroatoms. The molecule has 3 atom stereocenters. The number of hydrogen-bond acceptors (Lipinski definition) is 3. The van der Waals surface area contributed by atoms with Gasteiger partial charge in [-0.3, -0.25) is 0 Å². The smallest absolute Gasteiger partial charge is 0.149 e. The highest BCUT2D eigenvalue weighted by atomic mass is 15.3. The van der Waals surface area contributed by atoms with E-state index in [0.29, 0.717) is 12.1 Å². The second-order valence-electron chi connectivity index (χ2n) is 4.89. The van der Waals surface area contributed by atoms with Crippen molar-refractivity contribution in [2.45, 2.75) is 51.6 Å². The second kappa shape index (κ2) is 4.95. The summed E-state index contributed by atoms with van der Waals surface area (Å²) in [5.41, 5.74) is 0. The molecule has 1 aromatic heterocycles. The van der Waals surface area contributed by atoms with Crippen molar-refractivity contribution in [3.63, 3.8) is 0 Å². The molecule has 0 bridgehead atoms. The Kier molecular flexibility index (Phi) is 3.59.